The number of nitrogens with one attached hydrogen (secondary N) is 1. The van der Waals surface area contributed by atoms with E-state index in [-0.39, 0.29) is 0 Å². The molecule has 0 saturated carbocycles. The summed E-state index contributed by atoms with van der Waals surface area (Å²) in [6.07, 6.45) is 8.62. The average molecular weight is 455 g/mol. The molecule has 3 N–H and O–H groups in total. The summed E-state index contributed by atoms with van der Waals surface area (Å²) in [5.74, 6) is 1.27. The Balaban J connectivity index is 1.42. The summed E-state index contributed by atoms with van der Waals surface area (Å²) in [6, 6.07) is 18.4. The van der Waals surface area contributed by atoms with E-state index in [4.69, 9.17) is 24.9 Å². The molecule has 1 saturated heterocycles. The Kier molecular flexibility index (Phi) is 6.98. The van der Waals surface area contributed by atoms with E-state index in [1.165, 1.54) is 12.8 Å². The summed E-state index contributed by atoms with van der Waals surface area (Å²) < 4.78 is 11.3. The standard InChI is InChI=1S/C28H30N4O2/c29-17-21-1-3-23(4-2-21)27-28(24-7-5-22(6-8-24)25-12-15-33-19-25)32-26(18-31-27)34-16-11-20-9-13-30-14-10-20/h1-8,12,15,18-20,30H,9-11,13-14,16-17,29H2. The zero-order chi connectivity index (χ0) is 23.2. The normalized spacial score (nSPS) is 14.3. The minimum atomic E-state index is 0.512. The van der Waals surface area contributed by atoms with Crippen molar-refractivity contribution >= 4 is 0 Å². The number of rotatable bonds is 8. The van der Waals surface area contributed by atoms with Crippen LogP contribution in [-0.2, 0) is 6.54 Å². The molecule has 0 radical (unpaired) electrons. The maximum Gasteiger partial charge on any atom is 0.232 e. The highest BCUT2D eigenvalue weighted by molar-refractivity contribution is 5.79. The number of aromatic nitrogens is 2. The van der Waals surface area contributed by atoms with Crippen LogP contribution in [-0.4, -0.2) is 29.7 Å². The second-order valence-corrected chi connectivity index (χ2v) is 8.73. The minimum Gasteiger partial charge on any atom is -0.477 e. The third-order valence-electron chi connectivity index (χ3n) is 6.46. The van der Waals surface area contributed by atoms with E-state index in [2.05, 4.69) is 29.6 Å². The van der Waals surface area contributed by atoms with Crippen LogP contribution in [0, 0.1) is 5.92 Å². The first-order valence-electron chi connectivity index (χ1n) is 11.9. The zero-order valence-electron chi connectivity index (χ0n) is 19.2. The highest BCUT2D eigenvalue weighted by atomic mass is 16.5. The molecule has 3 heterocycles. The topological polar surface area (TPSA) is 86.2 Å². The van der Waals surface area contributed by atoms with E-state index >= 15 is 0 Å². The van der Waals surface area contributed by atoms with Crippen molar-refractivity contribution in [3.63, 3.8) is 0 Å². The number of ether oxygens (including phenoxy) is 1. The fraction of sp³-hybridized carbons (Fsp3) is 0.286. The molecule has 0 unspecified atom stereocenters. The number of nitrogens with two attached hydrogens (primary N) is 1. The Morgan fingerprint density at radius 3 is 2.29 bits per heavy atom. The van der Waals surface area contributed by atoms with Crippen molar-refractivity contribution in [3.05, 3.63) is 78.9 Å². The van der Waals surface area contributed by atoms with Crippen molar-refractivity contribution in [1.29, 1.82) is 0 Å². The van der Waals surface area contributed by atoms with Crippen molar-refractivity contribution in [2.24, 2.45) is 11.7 Å². The molecule has 6 heteroatoms. The highest BCUT2D eigenvalue weighted by Gasteiger charge is 2.16. The third-order valence-corrected chi connectivity index (χ3v) is 6.46. The lowest BCUT2D eigenvalue weighted by Gasteiger charge is -2.22. The van der Waals surface area contributed by atoms with Crippen LogP contribution in [0.1, 0.15) is 24.8 Å². The predicted octanol–water partition coefficient (Wildman–Crippen LogP) is 5.30. The van der Waals surface area contributed by atoms with Crippen LogP contribution in [0.3, 0.4) is 0 Å². The van der Waals surface area contributed by atoms with Gasteiger partial charge in [-0.2, -0.15) is 0 Å². The summed E-state index contributed by atoms with van der Waals surface area (Å²) in [5.41, 5.74) is 12.6. The van der Waals surface area contributed by atoms with Crippen LogP contribution in [0.5, 0.6) is 5.88 Å². The van der Waals surface area contributed by atoms with Gasteiger partial charge >= 0.3 is 0 Å². The highest BCUT2D eigenvalue weighted by Crippen LogP contribution is 2.32. The van der Waals surface area contributed by atoms with Gasteiger partial charge in [-0.15, -0.1) is 0 Å². The van der Waals surface area contributed by atoms with Gasteiger partial charge in [0.25, 0.3) is 0 Å². The summed E-state index contributed by atoms with van der Waals surface area (Å²) in [4.78, 5) is 9.67. The molecule has 0 spiro atoms. The number of hydrogen-bond acceptors (Lipinski definition) is 6. The number of hydrogen-bond donors (Lipinski definition) is 2. The van der Waals surface area contributed by atoms with E-state index in [1.807, 2.05) is 30.3 Å². The Morgan fingerprint density at radius 1 is 0.882 bits per heavy atom. The lowest BCUT2D eigenvalue weighted by atomic mass is 9.95. The second kappa shape index (κ2) is 10.6. The van der Waals surface area contributed by atoms with Crippen LogP contribution in [0.4, 0.5) is 0 Å². The molecule has 0 aliphatic carbocycles. The molecule has 1 aliphatic rings. The summed E-state index contributed by atoms with van der Waals surface area (Å²) >= 11 is 0. The Bertz CT molecular complexity index is 1180. The van der Waals surface area contributed by atoms with Crippen molar-refractivity contribution in [1.82, 2.24) is 15.3 Å². The van der Waals surface area contributed by atoms with Gasteiger partial charge in [0.1, 0.15) is 5.69 Å². The van der Waals surface area contributed by atoms with E-state index < -0.39 is 0 Å². The molecule has 174 valence electrons. The summed E-state index contributed by atoms with van der Waals surface area (Å²) in [7, 11) is 0. The summed E-state index contributed by atoms with van der Waals surface area (Å²) in [6.45, 7) is 3.36. The van der Waals surface area contributed by atoms with Crippen molar-refractivity contribution in [2.45, 2.75) is 25.8 Å². The molecule has 1 aliphatic heterocycles. The molecule has 0 atom stereocenters. The largest absolute Gasteiger partial charge is 0.477 e. The Morgan fingerprint density at radius 2 is 1.59 bits per heavy atom. The smallest absolute Gasteiger partial charge is 0.232 e. The molecule has 34 heavy (non-hydrogen) atoms. The fourth-order valence-electron chi connectivity index (χ4n) is 4.40. The molecule has 0 amide bonds. The molecular formula is C28H30N4O2. The zero-order valence-corrected chi connectivity index (χ0v) is 19.2. The first kappa shape index (κ1) is 22.3. The van der Waals surface area contributed by atoms with E-state index in [0.29, 0.717) is 24.9 Å². The molecule has 5 rings (SSSR count). The fourth-order valence-corrected chi connectivity index (χ4v) is 4.40. The third kappa shape index (κ3) is 5.19. The molecule has 4 aromatic rings. The molecule has 2 aromatic heterocycles. The monoisotopic (exact) mass is 454 g/mol. The van der Waals surface area contributed by atoms with Crippen LogP contribution in [0.25, 0.3) is 33.6 Å². The summed E-state index contributed by atoms with van der Waals surface area (Å²) in [5, 5.41) is 3.41. The molecule has 6 nitrogen and oxygen atoms in total. The van der Waals surface area contributed by atoms with Gasteiger partial charge in [0, 0.05) is 23.2 Å². The SMILES string of the molecule is NCc1ccc(-c2ncc(OCCC3CCNCC3)nc2-c2ccc(-c3ccoc3)cc2)cc1. The minimum absolute atomic E-state index is 0.512. The number of piperidine rings is 1. The van der Waals surface area contributed by atoms with Crippen molar-refractivity contribution < 1.29 is 9.15 Å². The van der Waals surface area contributed by atoms with Gasteiger partial charge in [-0.25, -0.2) is 9.97 Å². The second-order valence-electron chi connectivity index (χ2n) is 8.73. The van der Waals surface area contributed by atoms with Crippen molar-refractivity contribution in [2.75, 3.05) is 19.7 Å². The number of furan rings is 1. The quantitative estimate of drug-likeness (QED) is 0.376. The van der Waals surface area contributed by atoms with Crippen LogP contribution >= 0.6 is 0 Å². The first-order chi connectivity index (χ1) is 16.8. The average Bonchev–Trinajstić information content (AvgIpc) is 3.45. The number of nitrogens with zero attached hydrogens (tertiary/aromatic N) is 2. The maximum atomic E-state index is 6.06. The van der Waals surface area contributed by atoms with E-state index in [1.54, 1.807) is 18.7 Å². The first-order valence-corrected chi connectivity index (χ1v) is 11.9. The van der Waals surface area contributed by atoms with Gasteiger partial charge in [0.2, 0.25) is 5.88 Å². The van der Waals surface area contributed by atoms with Crippen molar-refractivity contribution in [3.8, 4) is 39.5 Å². The van der Waals surface area contributed by atoms with Crippen LogP contribution in [0.15, 0.2) is 77.7 Å². The maximum absolute atomic E-state index is 6.06. The van der Waals surface area contributed by atoms with Gasteiger partial charge in [-0.3, -0.25) is 0 Å². The van der Waals surface area contributed by atoms with Gasteiger partial charge in [0.15, 0.2) is 0 Å². The molecule has 0 bridgehead atoms. The molecule has 2 aromatic carbocycles. The van der Waals surface area contributed by atoms with Crippen LogP contribution in [0.2, 0.25) is 0 Å². The molecular weight excluding hydrogens is 424 g/mol. The molecule has 1 fully saturated rings. The Labute approximate surface area is 200 Å². The van der Waals surface area contributed by atoms with Gasteiger partial charge in [-0.1, -0.05) is 48.5 Å². The van der Waals surface area contributed by atoms with Gasteiger partial charge in [-0.05, 0) is 55.5 Å². The van der Waals surface area contributed by atoms with E-state index in [0.717, 1.165) is 58.7 Å². The van der Waals surface area contributed by atoms with Gasteiger partial charge < -0.3 is 20.2 Å². The lowest BCUT2D eigenvalue weighted by Crippen LogP contribution is -2.28. The van der Waals surface area contributed by atoms with E-state index in [9.17, 15) is 0 Å². The Hall–Kier alpha value is -3.48. The lowest BCUT2D eigenvalue weighted by molar-refractivity contribution is 0.245. The van der Waals surface area contributed by atoms with Gasteiger partial charge in [0.05, 0.1) is 31.0 Å². The number of benzene rings is 2. The van der Waals surface area contributed by atoms with Crippen LogP contribution < -0.4 is 15.8 Å². The predicted molar refractivity (Wildman–Crippen MR) is 134 cm³/mol.